The first kappa shape index (κ1) is 23.8. The molecule has 0 unspecified atom stereocenters. The summed E-state index contributed by atoms with van der Waals surface area (Å²) < 4.78 is 5.60. The van der Waals surface area contributed by atoms with Gasteiger partial charge in [-0.2, -0.15) is 0 Å². The third-order valence-corrected chi connectivity index (χ3v) is 6.11. The van der Waals surface area contributed by atoms with Gasteiger partial charge in [-0.05, 0) is 46.9 Å². The molecule has 1 aliphatic carbocycles. The van der Waals surface area contributed by atoms with Gasteiger partial charge in [0.1, 0.15) is 13.2 Å². The predicted molar refractivity (Wildman–Crippen MR) is 134 cm³/mol. The van der Waals surface area contributed by atoms with Crippen LogP contribution in [0.3, 0.4) is 0 Å². The fourth-order valence-corrected chi connectivity index (χ4v) is 4.46. The lowest BCUT2D eigenvalue weighted by molar-refractivity contribution is -0.137. The van der Waals surface area contributed by atoms with E-state index in [2.05, 4.69) is 24.0 Å². The van der Waals surface area contributed by atoms with Crippen molar-refractivity contribution in [1.29, 1.82) is 0 Å². The van der Waals surface area contributed by atoms with Crippen molar-refractivity contribution in [2.24, 2.45) is 0 Å². The summed E-state index contributed by atoms with van der Waals surface area (Å²) in [5.41, 5.74) is 5.75. The number of nitrogens with one attached hydrogen (secondary N) is 1. The number of nitrogens with zero attached hydrogens (tertiary/aromatic N) is 1. The van der Waals surface area contributed by atoms with Crippen molar-refractivity contribution in [3.63, 3.8) is 0 Å². The van der Waals surface area contributed by atoms with Crippen molar-refractivity contribution in [3.8, 4) is 11.1 Å². The molecule has 0 bridgehead atoms. The van der Waals surface area contributed by atoms with E-state index in [1.807, 2.05) is 36.4 Å². The first-order chi connectivity index (χ1) is 16.9. The van der Waals surface area contributed by atoms with Crippen molar-refractivity contribution < 1.29 is 24.2 Å². The number of rotatable bonds is 8. The van der Waals surface area contributed by atoms with Crippen LogP contribution in [-0.2, 0) is 9.53 Å². The Morgan fingerprint density at radius 2 is 1.63 bits per heavy atom. The molecule has 178 valence electrons. The molecule has 0 aliphatic heterocycles. The van der Waals surface area contributed by atoms with E-state index in [9.17, 15) is 14.4 Å². The van der Waals surface area contributed by atoms with Gasteiger partial charge in [0.15, 0.2) is 0 Å². The van der Waals surface area contributed by atoms with Crippen LogP contribution in [0.25, 0.3) is 11.1 Å². The number of hydrogen-bond donors (Lipinski definition) is 2. The second-order valence-corrected chi connectivity index (χ2v) is 8.30. The van der Waals surface area contributed by atoms with Gasteiger partial charge in [0, 0.05) is 23.7 Å². The average Bonchev–Trinajstić information content (AvgIpc) is 3.17. The molecule has 2 amide bonds. The predicted octanol–water partition coefficient (Wildman–Crippen LogP) is 5.07. The van der Waals surface area contributed by atoms with Crippen molar-refractivity contribution in [1.82, 2.24) is 4.90 Å². The van der Waals surface area contributed by atoms with Gasteiger partial charge in [-0.1, -0.05) is 60.7 Å². The number of carbonyl (C=O) groups is 3. The highest BCUT2D eigenvalue weighted by Gasteiger charge is 2.29. The Bertz CT molecular complexity index is 1250. The SMILES string of the molecule is C=CCN(CC(=O)O)C(=O)c1cccc(NC(=O)OCC2c3ccccc3-c3ccccc32)c1C. The first-order valence-electron chi connectivity index (χ1n) is 11.2. The molecule has 35 heavy (non-hydrogen) atoms. The minimum absolute atomic E-state index is 0.0642. The Morgan fingerprint density at radius 1 is 1.00 bits per heavy atom. The van der Waals surface area contributed by atoms with Gasteiger partial charge in [0.2, 0.25) is 0 Å². The molecule has 3 aromatic rings. The van der Waals surface area contributed by atoms with Gasteiger partial charge >= 0.3 is 12.1 Å². The molecular weight excluding hydrogens is 444 g/mol. The topological polar surface area (TPSA) is 95.9 Å². The summed E-state index contributed by atoms with van der Waals surface area (Å²) in [5, 5.41) is 11.8. The normalized spacial score (nSPS) is 11.8. The van der Waals surface area contributed by atoms with Crippen LogP contribution in [0.4, 0.5) is 10.5 Å². The maximum absolute atomic E-state index is 12.9. The zero-order valence-electron chi connectivity index (χ0n) is 19.4. The number of carboxylic acid groups (broad SMARTS) is 1. The second kappa shape index (κ2) is 10.3. The Balaban J connectivity index is 1.47. The summed E-state index contributed by atoms with van der Waals surface area (Å²) in [6.45, 7) is 5.09. The van der Waals surface area contributed by atoms with Crippen molar-refractivity contribution >= 4 is 23.7 Å². The minimum Gasteiger partial charge on any atom is -0.480 e. The van der Waals surface area contributed by atoms with Crippen LogP contribution in [0.5, 0.6) is 0 Å². The third-order valence-electron chi connectivity index (χ3n) is 6.11. The van der Waals surface area contributed by atoms with Gasteiger partial charge in [0.25, 0.3) is 5.91 Å². The van der Waals surface area contributed by atoms with E-state index in [0.29, 0.717) is 16.8 Å². The summed E-state index contributed by atoms with van der Waals surface area (Å²) in [6.07, 6.45) is 0.836. The minimum atomic E-state index is -1.12. The van der Waals surface area contributed by atoms with Crippen molar-refractivity contribution in [3.05, 3.63) is 102 Å². The zero-order valence-corrected chi connectivity index (χ0v) is 19.4. The third kappa shape index (κ3) is 4.94. The molecule has 0 fully saturated rings. The van der Waals surface area contributed by atoms with E-state index in [1.165, 1.54) is 11.0 Å². The number of carbonyl (C=O) groups excluding carboxylic acids is 2. The average molecular weight is 471 g/mol. The Labute approximate surface area is 203 Å². The molecule has 0 radical (unpaired) electrons. The van der Waals surface area contributed by atoms with E-state index < -0.39 is 24.5 Å². The number of ether oxygens (including phenoxy) is 1. The standard InChI is InChI=1S/C28H26N2O5/c1-3-15-30(16-26(31)32)27(33)19-13-8-14-25(18(19)2)29-28(34)35-17-24-22-11-6-4-9-20(22)21-10-5-7-12-23(21)24/h3-14,24H,1,15-17H2,2H3,(H,29,34)(H,31,32). The fourth-order valence-electron chi connectivity index (χ4n) is 4.46. The number of hydrogen-bond acceptors (Lipinski definition) is 4. The molecule has 0 spiro atoms. The van der Waals surface area contributed by atoms with Gasteiger partial charge in [0.05, 0.1) is 0 Å². The molecule has 7 nitrogen and oxygen atoms in total. The monoisotopic (exact) mass is 470 g/mol. The Morgan fingerprint density at radius 3 is 2.23 bits per heavy atom. The summed E-state index contributed by atoms with van der Waals surface area (Å²) in [6, 6.07) is 21.1. The van der Waals surface area contributed by atoms with E-state index in [1.54, 1.807) is 25.1 Å². The van der Waals surface area contributed by atoms with Gasteiger partial charge in [-0.15, -0.1) is 6.58 Å². The summed E-state index contributed by atoms with van der Waals surface area (Å²) in [4.78, 5) is 37.9. The van der Waals surface area contributed by atoms with Crippen molar-refractivity contribution in [2.75, 3.05) is 25.0 Å². The number of amides is 2. The molecule has 0 saturated carbocycles. The summed E-state index contributed by atoms with van der Waals surface area (Å²) in [7, 11) is 0. The second-order valence-electron chi connectivity index (χ2n) is 8.30. The van der Waals surface area contributed by atoms with Crippen LogP contribution >= 0.6 is 0 Å². The fraction of sp³-hybridized carbons (Fsp3) is 0.179. The molecule has 0 heterocycles. The summed E-state index contributed by atoms with van der Waals surface area (Å²) >= 11 is 0. The zero-order chi connectivity index (χ0) is 24.9. The van der Waals surface area contributed by atoms with Crippen LogP contribution < -0.4 is 5.32 Å². The Kier molecular flexibility index (Phi) is 6.96. The lowest BCUT2D eigenvalue weighted by Crippen LogP contribution is -2.36. The molecule has 4 rings (SSSR count). The number of anilines is 1. The quantitative estimate of drug-likeness (QED) is 0.448. The largest absolute Gasteiger partial charge is 0.480 e. The first-order valence-corrected chi connectivity index (χ1v) is 11.2. The number of fused-ring (bicyclic) bond motifs is 3. The molecule has 0 atom stereocenters. The highest BCUT2D eigenvalue weighted by Crippen LogP contribution is 2.44. The van der Waals surface area contributed by atoms with E-state index in [0.717, 1.165) is 22.3 Å². The van der Waals surface area contributed by atoms with Crippen LogP contribution in [-0.4, -0.2) is 47.7 Å². The van der Waals surface area contributed by atoms with E-state index >= 15 is 0 Å². The van der Waals surface area contributed by atoms with Gasteiger partial charge in [-0.3, -0.25) is 14.9 Å². The lowest BCUT2D eigenvalue weighted by atomic mass is 9.98. The van der Waals surface area contributed by atoms with E-state index in [-0.39, 0.29) is 19.1 Å². The number of benzene rings is 3. The number of carboxylic acids is 1. The van der Waals surface area contributed by atoms with Crippen LogP contribution in [0.1, 0.15) is 33.0 Å². The molecule has 1 aliphatic rings. The molecule has 7 heteroatoms. The highest BCUT2D eigenvalue weighted by atomic mass is 16.5. The lowest BCUT2D eigenvalue weighted by Gasteiger charge is -2.21. The van der Waals surface area contributed by atoms with Gasteiger partial charge in [-0.25, -0.2) is 4.79 Å². The molecular formula is C28H26N2O5. The van der Waals surface area contributed by atoms with Gasteiger partial charge < -0.3 is 14.7 Å². The molecule has 0 saturated heterocycles. The van der Waals surface area contributed by atoms with E-state index in [4.69, 9.17) is 9.84 Å². The smallest absolute Gasteiger partial charge is 0.411 e. The van der Waals surface area contributed by atoms with Crippen LogP contribution in [0.15, 0.2) is 79.4 Å². The molecule has 3 aromatic carbocycles. The molecule has 0 aromatic heterocycles. The maximum atomic E-state index is 12.9. The van der Waals surface area contributed by atoms with Crippen LogP contribution in [0.2, 0.25) is 0 Å². The van der Waals surface area contributed by atoms with Crippen molar-refractivity contribution in [2.45, 2.75) is 12.8 Å². The number of aliphatic carboxylic acids is 1. The highest BCUT2D eigenvalue weighted by molar-refractivity contribution is 5.99. The summed E-state index contributed by atoms with van der Waals surface area (Å²) in [5.74, 6) is -1.64. The Hall–Kier alpha value is -4.39. The maximum Gasteiger partial charge on any atom is 0.411 e. The van der Waals surface area contributed by atoms with Crippen LogP contribution in [0, 0.1) is 6.92 Å². The molecule has 2 N–H and O–H groups in total.